The van der Waals surface area contributed by atoms with Gasteiger partial charge in [-0.1, -0.05) is 35.6 Å². The third-order valence-electron chi connectivity index (χ3n) is 4.21. The molecule has 0 aliphatic carbocycles. The highest BCUT2D eigenvalue weighted by molar-refractivity contribution is 7.23. The van der Waals surface area contributed by atoms with Crippen molar-refractivity contribution in [2.45, 2.75) is 6.61 Å². The molecule has 2 aromatic carbocycles. The Hall–Kier alpha value is -3.96. The van der Waals surface area contributed by atoms with Gasteiger partial charge in [-0.15, -0.1) is 0 Å². The van der Waals surface area contributed by atoms with Crippen LogP contribution in [-0.4, -0.2) is 22.0 Å². The van der Waals surface area contributed by atoms with Gasteiger partial charge in [0.25, 0.3) is 5.56 Å². The summed E-state index contributed by atoms with van der Waals surface area (Å²) >= 11 is 1.41. The molecule has 4 rings (SSSR count). The summed E-state index contributed by atoms with van der Waals surface area (Å²) in [6.07, 6.45) is 2.91. The van der Waals surface area contributed by atoms with E-state index in [-0.39, 0.29) is 18.8 Å². The van der Waals surface area contributed by atoms with E-state index in [4.69, 9.17) is 14.7 Å². The highest BCUT2D eigenvalue weighted by Gasteiger charge is 2.10. The van der Waals surface area contributed by atoms with Gasteiger partial charge < -0.3 is 9.47 Å². The molecular weight excluding hydrogens is 402 g/mol. The van der Waals surface area contributed by atoms with Gasteiger partial charge in [-0.2, -0.15) is 5.26 Å². The topological polar surface area (TPSA) is 93.7 Å². The van der Waals surface area contributed by atoms with Crippen molar-refractivity contribution in [2.24, 2.45) is 0 Å². The van der Waals surface area contributed by atoms with E-state index in [0.717, 1.165) is 15.8 Å². The molecule has 0 unspecified atom stereocenters. The van der Waals surface area contributed by atoms with Crippen LogP contribution in [0.25, 0.3) is 21.3 Å². The number of fused-ring (bicyclic) bond motifs is 3. The van der Waals surface area contributed by atoms with E-state index in [0.29, 0.717) is 16.4 Å². The van der Waals surface area contributed by atoms with Gasteiger partial charge >= 0.3 is 5.97 Å². The van der Waals surface area contributed by atoms with Crippen molar-refractivity contribution in [3.05, 3.63) is 82.3 Å². The van der Waals surface area contributed by atoms with Crippen LogP contribution in [0.5, 0.6) is 5.75 Å². The first-order valence-electron chi connectivity index (χ1n) is 8.99. The number of carbonyl (C=O) groups excluding carboxylic acids is 1. The predicted octanol–water partition coefficient (Wildman–Crippen LogP) is 3.57. The molecule has 7 nitrogen and oxygen atoms in total. The number of thiazole rings is 1. The first kappa shape index (κ1) is 19.4. The summed E-state index contributed by atoms with van der Waals surface area (Å²) in [6, 6.07) is 17.8. The molecule has 0 N–H and O–H groups in total. The van der Waals surface area contributed by atoms with Crippen LogP contribution in [0.1, 0.15) is 11.3 Å². The van der Waals surface area contributed by atoms with Crippen molar-refractivity contribution in [2.75, 3.05) is 6.61 Å². The van der Waals surface area contributed by atoms with Crippen LogP contribution in [0.15, 0.2) is 65.5 Å². The second-order valence-electron chi connectivity index (χ2n) is 6.23. The molecule has 8 heteroatoms. The number of benzene rings is 2. The highest BCUT2D eigenvalue weighted by Crippen LogP contribution is 2.23. The minimum atomic E-state index is -0.543. The average Bonchev–Trinajstić information content (AvgIpc) is 3.14. The lowest BCUT2D eigenvalue weighted by Gasteiger charge is -2.03. The zero-order valence-corrected chi connectivity index (χ0v) is 16.5. The van der Waals surface area contributed by atoms with E-state index in [1.807, 2.05) is 30.3 Å². The minimum absolute atomic E-state index is 0.0214. The Morgan fingerprint density at radius 3 is 2.80 bits per heavy atom. The quantitative estimate of drug-likeness (QED) is 0.352. The molecular formula is C22H15N3O4S. The van der Waals surface area contributed by atoms with E-state index in [2.05, 4.69) is 4.98 Å². The standard InChI is InChI=1S/C22H15N3O4S/c23-11-12-28-17-8-5-15(6-9-17)7-10-21(27)29-14-16-13-20(26)25-18-3-1-2-4-19(18)30-22(25)24-16/h1-10,13H,12,14H2/b10-7+. The van der Waals surface area contributed by atoms with Crippen molar-refractivity contribution in [3.8, 4) is 11.8 Å². The van der Waals surface area contributed by atoms with Crippen molar-refractivity contribution in [1.29, 1.82) is 5.26 Å². The third kappa shape index (κ3) is 4.21. The molecule has 2 heterocycles. The fourth-order valence-electron chi connectivity index (χ4n) is 2.85. The summed E-state index contributed by atoms with van der Waals surface area (Å²) < 4.78 is 12.9. The Morgan fingerprint density at radius 2 is 2.00 bits per heavy atom. The highest BCUT2D eigenvalue weighted by atomic mass is 32.1. The van der Waals surface area contributed by atoms with Crippen LogP contribution in [-0.2, 0) is 16.1 Å². The molecule has 0 bridgehead atoms. The van der Waals surface area contributed by atoms with Gasteiger partial charge in [0.15, 0.2) is 11.6 Å². The molecule has 0 amide bonds. The van der Waals surface area contributed by atoms with Crippen LogP contribution in [0.3, 0.4) is 0 Å². The summed E-state index contributed by atoms with van der Waals surface area (Å²) in [4.78, 5) is 29.5. The summed E-state index contributed by atoms with van der Waals surface area (Å²) in [5.41, 5.74) is 1.77. The van der Waals surface area contributed by atoms with Crippen LogP contribution in [0.4, 0.5) is 0 Å². The Labute approximate surface area is 175 Å². The molecule has 0 spiro atoms. The molecule has 30 heavy (non-hydrogen) atoms. The number of hydrogen-bond donors (Lipinski definition) is 0. The van der Waals surface area contributed by atoms with Crippen molar-refractivity contribution in [3.63, 3.8) is 0 Å². The fourth-order valence-corrected chi connectivity index (χ4v) is 3.90. The number of esters is 1. The average molecular weight is 417 g/mol. The van der Waals surface area contributed by atoms with Crippen LogP contribution in [0, 0.1) is 11.3 Å². The Kier molecular flexibility index (Phi) is 5.54. The van der Waals surface area contributed by atoms with Gasteiger partial charge in [-0.3, -0.25) is 9.20 Å². The first-order chi connectivity index (χ1) is 14.6. The number of rotatable bonds is 6. The maximum Gasteiger partial charge on any atom is 0.331 e. The molecule has 0 aliphatic rings. The second kappa shape index (κ2) is 8.59. The number of aromatic nitrogens is 2. The number of nitrogens with zero attached hydrogens (tertiary/aromatic N) is 3. The lowest BCUT2D eigenvalue weighted by atomic mass is 10.2. The van der Waals surface area contributed by atoms with E-state index < -0.39 is 5.97 Å². The van der Waals surface area contributed by atoms with Crippen LogP contribution >= 0.6 is 11.3 Å². The summed E-state index contributed by atoms with van der Waals surface area (Å²) in [5.74, 6) is 0.0309. The smallest absolute Gasteiger partial charge is 0.331 e. The number of ether oxygens (including phenoxy) is 2. The van der Waals surface area contributed by atoms with E-state index in [1.165, 1.54) is 23.5 Å². The molecule has 0 fully saturated rings. The van der Waals surface area contributed by atoms with Gasteiger partial charge in [0, 0.05) is 12.1 Å². The Balaban J connectivity index is 1.41. The van der Waals surface area contributed by atoms with Crippen LogP contribution in [0.2, 0.25) is 0 Å². The maximum absolute atomic E-state index is 12.5. The molecule has 2 aromatic heterocycles. The number of hydrogen-bond acceptors (Lipinski definition) is 7. The molecule has 0 saturated carbocycles. The molecule has 0 aliphatic heterocycles. The lowest BCUT2D eigenvalue weighted by molar-refractivity contribution is -0.139. The molecule has 0 saturated heterocycles. The summed E-state index contributed by atoms with van der Waals surface area (Å²) in [5, 5.41) is 8.50. The maximum atomic E-state index is 12.5. The van der Waals surface area contributed by atoms with Gasteiger partial charge in [0.2, 0.25) is 0 Å². The SMILES string of the molecule is N#CCOc1ccc(/C=C/C(=O)OCc2cc(=O)n3c(n2)sc2ccccc23)cc1. The number of carbonyl (C=O) groups is 1. The first-order valence-corrected chi connectivity index (χ1v) is 9.80. The largest absolute Gasteiger partial charge is 0.479 e. The minimum Gasteiger partial charge on any atom is -0.479 e. The monoisotopic (exact) mass is 417 g/mol. The Bertz CT molecular complexity index is 1350. The van der Waals surface area contributed by atoms with Gasteiger partial charge in [0.05, 0.1) is 15.9 Å². The summed E-state index contributed by atoms with van der Waals surface area (Å²) in [7, 11) is 0. The van der Waals surface area contributed by atoms with Gasteiger partial charge in [0.1, 0.15) is 18.4 Å². The molecule has 4 aromatic rings. The molecule has 0 radical (unpaired) electrons. The third-order valence-corrected chi connectivity index (χ3v) is 5.23. The van der Waals surface area contributed by atoms with Crippen LogP contribution < -0.4 is 10.3 Å². The zero-order valence-electron chi connectivity index (χ0n) is 15.6. The normalized spacial score (nSPS) is 11.0. The molecule has 0 atom stereocenters. The van der Waals surface area contributed by atoms with Crippen molar-refractivity contribution in [1.82, 2.24) is 9.38 Å². The predicted molar refractivity (Wildman–Crippen MR) is 113 cm³/mol. The lowest BCUT2D eigenvalue weighted by Crippen LogP contribution is -2.14. The van der Waals surface area contributed by atoms with E-state index >= 15 is 0 Å². The number of nitriles is 1. The van der Waals surface area contributed by atoms with Gasteiger partial charge in [-0.25, -0.2) is 9.78 Å². The number of para-hydroxylation sites is 1. The van der Waals surface area contributed by atoms with E-state index in [9.17, 15) is 9.59 Å². The fraction of sp³-hybridized carbons (Fsp3) is 0.0909. The molecule has 148 valence electrons. The van der Waals surface area contributed by atoms with E-state index in [1.54, 1.807) is 34.7 Å². The van der Waals surface area contributed by atoms with Gasteiger partial charge in [-0.05, 0) is 35.9 Å². The Morgan fingerprint density at radius 1 is 1.20 bits per heavy atom. The van der Waals surface area contributed by atoms with Crippen molar-refractivity contribution >= 4 is 38.6 Å². The second-order valence-corrected chi connectivity index (χ2v) is 7.24. The zero-order chi connectivity index (χ0) is 20.9. The van der Waals surface area contributed by atoms with Crippen molar-refractivity contribution < 1.29 is 14.3 Å². The summed E-state index contributed by atoms with van der Waals surface area (Å²) in [6.45, 7) is -0.115.